The van der Waals surface area contributed by atoms with Crippen LogP contribution in [0.25, 0.3) is 33.0 Å². The van der Waals surface area contributed by atoms with E-state index >= 15 is 0 Å². The molecule has 0 aliphatic heterocycles. The van der Waals surface area contributed by atoms with Crippen LogP contribution < -0.4 is 4.90 Å². The highest BCUT2D eigenvalue weighted by Gasteiger charge is 2.13. The molecule has 0 saturated carbocycles. The van der Waals surface area contributed by atoms with Crippen LogP contribution in [0, 0.1) is 0 Å². The molecule has 5 aromatic rings. The van der Waals surface area contributed by atoms with Gasteiger partial charge in [-0.25, -0.2) is 0 Å². The highest BCUT2D eigenvalue weighted by molar-refractivity contribution is 5.96. The lowest BCUT2D eigenvalue weighted by atomic mass is 9.98. The minimum Gasteiger partial charge on any atom is -0.344 e. The van der Waals surface area contributed by atoms with Crippen molar-refractivity contribution >= 4 is 22.1 Å². The minimum atomic E-state index is 1.17. The molecule has 1 heteroatoms. The molecule has 0 amide bonds. The van der Waals surface area contributed by atoms with Gasteiger partial charge in [0.2, 0.25) is 0 Å². The fourth-order valence-corrected chi connectivity index (χ4v) is 4.00. The van der Waals surface area contributed by atoms with Gasteiger partial charge in [0.15, 0.2) is 0 Å². The van der Waals surface area contributed by atoms with Crippen molar-refractivity contribution in [2.45, 2.75) is 0 Å². The summed E-state index contributed by atoms with van der Waals surface area (Å²) in [6, 6.07) is 43.1. The number of nitrogens with zero attached hydrogens (tertiary/aromatic N) is 1. The smallest absolute Gasteiger partial charge is 0.0494 e. The number of hydrogen-bond acceptors (Lipinski definition) is 1. The molecule has 0 fully saturated rings. The Morgan fingerprint density at radius 1 is 0.467 bits per heavy atom. The van der Waals surface area contributed by atoms with Crippen LogP contribution in [-0.2, 0) is 0 Å². The fourth-order valence-electron chi connectivity index (χ4n) is 4.00. The van der Waals surface area contributed by atoms with Crippen LogP contribution in [0.5, 0.6) is 0 Å². The van der Waals surface area contributed by atoms with Gasteiger partial charge in [-0.15, -0.1) is 0 Å². The van der Waals surface area contributed by atoms with Gasteiger partial charge in [-0.2, -0.15) is 0 Å². The maximum absolute atomic E-state index is 2.30. The summed E-state index contributed by atoms with van der Waals surface area (Å²) in [4.78, 5) is 2.28. The first kappa shape index (κ1) is 18.2. The lowest BCUT2D eigenvalue weighted by Gasteiger charge is -2.24. The molecule has 0 atom stereocenters. The van der Waals surface area contributed by atoms with Gasteiger partial charge in [-0.3, -0.25) is 0 Å². The van der Waals surface area contributed by atoms with E-state index in [-0.39, 0.29) is 0 Å². The van der Waals surface area contributed by atoms with Gasteiger partial charge >= 0.3 is 0 Å². The molecular formula is C29H23N. The lowest BCUT2D eigenvalue weighted by molar-refractivity contribution is 1.21. The van der Waals surface area contributed by atoms with Crippen molar-refractivity contribution < 1.29 is 0 Å². The van der Waals surface area contributed by atoms with Crippen LogP contribution in [0.2, 0.25) is 0 Å². The zero-order valence-electron chi connectivity index (χ0n) is 17.0. The molecule has 0 unspecified atom stereocenters. The normalized spacial score (nSPS) is 10.8. The van der Waals surface area contributed by atoms with E-state index in [9.17, 15) is 0 Å². The first-order valence-corrected chi connectivity index (χ1v) is 10.3. The van der Waals surface area contributed by atoms with E-state index in [2.05, 4.69) is 133 Å². The molecule has 1 nitrogen and oxygen atoms in total. The van der Waals surface area contributed by atoms with Crippen molar-refractivity contribution in [3.8, 4) is 22.3 Å². The number of rotatable bonds is 4. The van der Waals surface area contributed by atoms with Crippen molar-refractivity contribution in [1.29, 1.82) is 0 Å². The Balaban J connectivity index is 1.59. The SMILES string of the molecule is CN(c1ccc(-c2ccccc2)cc1)c1cc2ccccc2cc1-c1ccccc1. The average Bonchev–Trinajstić information content (AvgIpc) is 2.84. The highest BCUT2D eigenvalue weighted by Crippen LogP contribution is 2.38. The molecular weight excluding hydrogens is 362 g/mol. The summed E-state index contributed by atoms with van der Waals surface area (Å²) in [7, 11) is 2.15. The molecule has 144 valence electrons. The molecule has 5 aromatic carbocycles. The quantitative estimate of drug-likeness (QED) is 0.303. The van der Waals surface area contributed by atoms with Crippen LogP contribution in [-0.4, -0.2) is 7.05 Å². The molecule has 0 N–H and O–H groups in total. The summed E-state index contributed by atoms with van der Waals surface area (Å²) < 4.78 is 0. The highest BCUT2D eigenvalue weighted by atomic mass is 15.1. The van der Waals surface area contributed by atoms with E-state index in [4.69, 9.17) is 0 Å². The third kappa shape index (κ3) is 3.46. The lowest BCUT2D eigenvalue weighted by Crippen LogP contribution is -2.10. The van der Waals surface area contributed by atoms with Gasteiger partial charge in [-0.1, -0.05) is 97.1 Å². The zero-order chi connectivity index (χ0) is 20.3. The van der Waals surface area contributed by atoms with Crippen LogP contribution >= 0.6 is 0 Å². The number of benzene rings is 5. The molecule has 0 saturated heterocycles. The van der Waals surface area contributed by atoms with Crippen molar-refractivity contribution in [3.05, 3.63) is 121 Å². The Kier molecular flexibility index (Phi) is 4.78. The third-order valence-corrected chi connectivity index (χ3v) is 5.67. The van der Waals surface area contributed by atoms with Crippen LogP contribution in [0.1, 0.15) is 0 Å². The molecule has 0 spiro atoms. The van der Waals surface area contributed by atoms with E-state index in [1.165, 1.54) is 44.4 Å². The van der Waals surface area contributed by atoms with E-state index in [0.29, 0.717) is 0 Å². The summed E-state index contributed by atoms with van der Waals surface area (Å²) in [6.45, 7) is 0. The number of hydrogen-bond donors (Lipinski definition) is 0. The second-order valence-corrected chi connectivity index (χ2v) is 7.55. The van der Waals surface area contributed by atoms with Crippen molar-refractivity contribution in [3.63, 3.8) is 0 Å². The number of anilines is 2. The largest absolute Gasteiger partial charge is 0.344 e. The third-order valence-electron chi connectivity index (χ3n) is 5.67. The monoisotopic (exact) mass is 385 g/mol. The predicted molar refractivity (Wildman–Crippen MR) is 129 cm³/mol. The van der Waals surface area contributed by atoms with E-state index in [1.54, 1.807) is 0 Å². The standard InChI is InChI=1S/C29H23N/c1-30(27-18-16-23(17-19-27)22-10-4-2-5-11-22)29-21-26-15-9-8-14-25(26)20-28(29)24-12-6-3-7-13-24/h2-21H,1H3. The topological polar surface area (TPSA) is 3.24 Å². The summed E-state index contributed by atoms with van der Waals surface area (Å²) in [6.07, 6.45) is 0. The van der Waals surface area contributed by atoms with Gasteiger partial charge < -0.3 is 4.90 Å². The molecule has 0 aromatic heterocycles. The Labute approximate surface area is 177 Å². The molecule has 0 aliphatic rings. The maximum Gasteiger partial charge on any atom is 0.0494 e. The van der Waals surface area contributed by atoms with Gasteiger partial charge in [0.05, 0.1) is 0 Å². The van der Waals surface area contributed by atoms with E-state index < -0.39 is 0 Å². The summed E-state index contributed by atoms with van der Waals surface area (Å²) >= 11 is 0. The Morgan fingerprint density at radius 2 is 0.967 bits per heavy atom. The summed E-state index contributed by atoms with van der Waals surface area (Å²) in [5, 5.41) is 2.51. The molecule has 0 heterocycles. The van der Waals surface area contributed by atoms with E-state index in [0.717, 1.165) is 0 Å². The molecule has 0 radical (unpaired) electrons. The molecule has 0 bridgehead atoms. The first-order valence-electron chi connectivity index (χ1n) is 10.3. The van der Waals surface area contributed by atoms with Gasteiger partial charge in [0.1, 0.15) is 0 Å². The Hall–Kier alpha value is -3.84. The second-order valence-electron chi connectivity index (χ2n) is 7.55. The molecule has 0 aliphatic carbocycles. The summed E-state index contributed by atoms with van der Waals surface area (Å²) in [5.74, 6) is 0. The van der Waals surface area contributed by atoms with Crippen molar-refractivity contribution in [1.82, 2.24) is 0 Å². The van der Waals surface area contributed by atoms with Crippen molar-refractivity contribution in [2.24, 2.45) is 0 Å². The second kappa shape index (κ2) is 7.88. The van der Waals surface area contributed by atoms with E-state index in [1.807, 2.05) is 0 Å². The summed E-state index contributed by atoms with van der Waals surface area (Å²) in [5.41, 5.74) is 7.31. The van der Waals surface area contributed by atoms with Gasteiger partial charge in [0, 0.05) is 24.0 Å². The average molecular weight is 386 g/mol. The van der Waals surface area contributed by atoms with Gasteiger partial charge in [0.25, 0.3) is 0 Å². The first-order chi connectivity index (χ1) is 14.8. The zero-order valence-corrected chi connectivity index (χ0v) is 17.0. The predicted octanol–water partition coefficient (Wildman–Crippen LogP) is 7.94. The Bertz CT molecular complexity index is 1270. The minimum absolute atomic E-state index is 1.17. The van der Waals surface area contributed by atoms with Crippen LogP contribution in [0.4, 0.5) is 11.4 Å². The maximum atomic E-state index is 2.30. The van der Waals surface area contributed by atoms with Crippen LogP contribution in [0.15, 0.2) is 121 Å². The Morgan fingerprint density at radius 3 is 1.60 bits per heavy atom. The fraction of sp³-hybridized carbons (Fsp3) is 0.0345. The van der Waals surface area contributed by atoms with Crippen LogP contribution in [0.3, 0.4) is 0 Å². The molecule has 30 heavy (non-hydrogen) atoms. The number of fused-ring (bicyclic) bond motifs is 1. The molecule has 5 rings (SSSR count). The van der Waals surface area contributed by atoms with Gasteiger partial charge in [-0.05, 0) is 51.7 Å². The van der Waals surface area contributed by atoms with Crippen molar-refractivity contribution in [2.75, 3.05) is 11.9 Å².